The molecule has 1 aliphatic heterocycles. The Morgan fingerprint density at radius 2 is 1.81 bits per heavy atom. The molecule has 118 valence electrons. The summed E-state index contributed by atoms with van der Waals surface area (Å²) in [6.07, 6.45) is 1.81. The number of piperidine rings is 1. The van der Waals surface area contributed by atoms with E-state index >= 15 is 0 Å². The smallest absolute Gasteiger partial charge is 0.243 e. The van der Waals surface area contributed by atoms with Gasteiger partial charge in [-0.25, -0.2) is 8.42 Å². The van der Waals surface area contributed by atoms with Gasteiger partial charge in [0.2, 0.25) is 10.0 Å². The van der Waals surface area contributed by atoms with E-state index in [9.17, 15) is 8.42 Å². The van der Waals surface area contributed by atoms with E-state index in [4.69, 9.17) is 0 Å². The maximum Gasteiger partial charge on any atom is 0.243 e. The predicted octanol–water partition coefficient (Wildman–Crippen LogP) is 2.69. The van der Waals surface area contributed by atoms with Crippen molar-refractivity contribution in [1.29, 1.82) is 0 Å². The topological polar surface area (TPSA) is 40.6 Å². The van der Waals surface area contributed by atoms with Crippen LogP contribution < -0.4 is 0 Å². The number of alkyl halides is 1. The Bertz CT molecular complexity index is 552. The SMILES string of the molecule is CCN1CCC(N(C)S(=O)(=O)c2ccc(CBr)cc2)CC1. The predicted molar refractivity (Wildman–Crippen MR) is 89.2 cm³/mol. The second-order valence-electron chi connectivity index (χ2n) is 5.46. The Labute approximate surface area is 136 Å². The lowest BCUT2D eigenvalue weighted by Crippen LogP contribution is -2.45. The van der Waals surface area contributed by atoms with Crippen molar-refractivity contribution >= 4 is 26.0 Å². The van der Waals surface area contributed by atoms with Gasteiger partial charge in [-0.05, 0) is 50.2 Å². The lowest BCUT2D eigenvalue weighted by Gasteiger charge is -2.35. The first kappa shape index (κ1) is 16.9. The Balaban J connectivity index is 2.11. The fourth-order valence-corrected chi connectivity index (χ4v) is 4.50. The van der Waals surface area contributed by atoms with E-state index in [1.54, 1.807) is 23.5 Å². The summed E-state index contributed by atoms with van der Waals surface area (Å²) >= 11 is 3.37. The van der Waals surface area contributed by atoms with Gasteiger partial charge in [0.25, 0.3) is 0 Å². The normalized spacial score (nSPS) is 18.3. The Morgan fingerprint density at radius 3 is 2.29 bits per heavy atom. The zero-order valence-electron chi connectivity index (χ0n) is 12.6. The molecule has 1 fully saturated rings. The Hall–Kier alpha value is -0.430. The quantitative estimate of drug-likeness (QED) is 0.743. The van der Waals surface area contributed by atoms with Crippen LogP contribution in [0.3, 0.4) is 0 Å². The zero-order chi connectivity index (χ0) is 15.5. The van der Waals surface area contributed by atoms with Gasteiger partial charge < -0.3 is 4.90 Å². The number of nitrogens with zero attached hydrogens (tertiary/aromatic N) is 2. The van der Waals surface area contributed by atoms with Gasteiger partial charge in [0.1, 0.15) is 0 Å². The third kappa shape index (κ3) is 3.86. The molecule has 0 aromatic heterocycles. The molecule has 1 heterocycles. The largest absolute Gasteiger partial charge is 0.303 e. The summed E-state index contributed by atoms with van der Waals surface area (Å²) in [7, 11) is -1.68. The first-order chi connectivity index (χ1) is 9.98. The van der Waals surface area contributed by atoms with Crippen LogP contribution in [0.1, 0.15) is 25.3 Å². The van der Waals surface area contributed by atoms with Crippen LogP contribution in [0.4, 0.5) is 0 Å². The zero-order valence-corrected chi connectivity index (χ0v) is 15.0. The first-order valence-corrected chi connectivity index (χ1v) is 9.90. The summed E-state index contributed by atoms with van der Waals surface area (Å²) < 4.78 is 26.9. The van der Waals surface area contributed by atoms with Gasteiger partial charge in [-0.2, -0.15) is 4.31 Å². The van der Waals surface area contributed by atoms with Crippen molar-refractivity contribution in [3.8, 4) is 0 Å². The minimum Gasteiger partial charge on any atom is -0.303 e. The van der Waals surface area contributed by atoms with E-state index in [0.29, 0.717) is 4.90 Å². The van der Waals surface area contributed by atoms with Crippen molar-refractivity contribution < 1.29 is 8.42 Å². The molecule has 1 aromatic rings. The number of rotatable bonds is 5. The average Bonchev–Trinajstić information content (AvgIpc) is 2.54. The highest BCUT2D eigenvalue weighted by Crippen LogP contribution is 2.23. The highest BCUT2D eigenvalue weighted by molar-refractivity contribution is 9.08. The molecule has 0 saturated carbocycles. The molecule has 6 heteroatoms. The van der Waals surface area contributed by atoms with Crippen LogP contribution in [-0.2, 0) is 15.4 Å². The summed E-state index contributed by atoms with van der Waals surface area (Å²) in [6.45, 7) is 5.14. The van der Waals surface area contributed by atoms with Crippen LogP contribution in [0, 0.1) is 0 Å². The molecule has 0 spiro atoms. The molecule has 0 N–H and O–H groups in total. The summed E-state index contributed by atoms with van der Waals surface area (Å²) in [4.78, 5) is 2.74. The van der Waals surface area contributed by atoms with Crippen molar-refractivity contribution in [1.82, 2.24) is 9.21 Å². The number of sulfonamides is 1. The summed E-state index contributed by atoms with van der Waals surface area (Å²) in [5, 5.41) is 0.735. The highest BCUT2D eigenvalue weighted by atomic mass is 79.9. The molecule has 0 atom stereocenters. The maximum atomic E-state index is 12.7. The number of halogens is 1. The maximum absolute atomic E-state index is 12.7. The first-order valence-electron chi connectivity index (χ1n) is 7.34. The average molecular weight is 375 g/mol. The third-order valence-corrected chi connectivity index (χ3v) is 6.84. The minimum atomic E-state index is -3.39. The molecular formula is C15H23BrN2O2S. The molecule has 0 unspecified atom stereocenters. The monoisotopic (exact) mass is 374 g/mol. The molecule has 1 saturated heterocycles. The van der Waals surface area contributed by atoms with Crippen LogP contribution >= 0.6 is 15.9 Å². The van der Waals surface area contributed by atoms with Gasteiger partial charge in [0.05, 0.1) is 4.90 Å². The summed E-state index contributed by atoms with van der Waals surface area (Å²) in [5.41, 5.74) is 1.08. The fourth-order valence-electron chi connectivity index (χ4n) is 2.71. The molecule has 2 rings (SSSR count). The molecular weight excluding hydrogens is 352 g/mol. The van der Waals surface area contributed by atoms with Crippen molar-refractivity contribution in [2.75, 3.05) is 26.7 Å². The van der Waals surface area contributed by atoms with E-state index in [-0.39, 0.29) is 6.04 Å². The van der Waals surface area contributed by atoms with Gasteiger partial charge in [0, 0.05) is 18.4 Å². The van der Waals surface area contributed by atoms with Crippen LogP contribution in [0.25, 0.3) is 0 Å². The molecule has 0 aliphatic carbocycles. The van der Waals surface area contributed by atoms with E-state index in [0.717, 1.165) is 43.4 Å². The molecule has 1 aromatic carbocycles. The number of likely N-dealkylation sites (tertiary alicyclic amines) is 1. The van der Waals surface area contributed by atoms with Crippen LogP contribution in [0.15, 0.2) is 29.2 Å². The lowest BCUT2D eigenvalue weighted by molar-refractivity contribution is 0.176. The van der Waals surface area contributed by atoms with E-state index in [1.165, 1.54) is 0 Å². The van der Waals surface area contributed by atoms with E-state index in [2.05, 4.69) is 27.8 Å². The van der Waals surface area contributed by atoms with Crippen molar-refractivity contribution in [2.24, 2.45) is 0 Å². The van der Waals surface area contributed by atoms with Gasteiger partial charge in [0.15, 0.2) is 0 Å². The molecule has 0 amide bonds. The van der Waals surface area contributed by atoms with Crippen molar-refractivity contribution in [2.45, 2.75) is 36.0 Å². The summed E-state index contributed by atoms with van der Waals surface area (Å²) in [5.74, 6) is 0. The van der Waals surface area contributed by atoms with Crippen molar-refractivity contribution in [3.05, 3.63) is 29.8 Å². The molecule has 0 bridgehead atoms. The molecule has 21 heavy (non-hydrogen) atoms. The van der Waals surface area contributed by atoms with E-state index < -0.39 is 10.0 Å². The minimum absolute atomic E-state index is 0.105. The van der Waals surface area contributed by atoms with Crippen molar-refractivity contribution in [3.63, 3.8) is 0 Å². The second-order valence-corrected chi connectivity index (χ2v) is 8.02. The molecule has 4 nitrogen and oxygen atoms in total. The van der Waals surface area contributed by atoms with Gasteiger partial charge in [-0.3, -0.25) is 0 Å². The van der Waals surface area contributed by atoms with Gasteiger partial charge >= 0.3 is 0 Å². The fraction of sp³-hybridized carbons (Fsp3) is 0.600. The van der Waals surface area contributed by atoms with Gasteiger partial charge in [-0.15, -0.1) is 0 Å². The second kappa shape index (κ2) is 7.22. The summed E-state index contributed by atoms with van der Waals surface area (Å²) in [6, 6.07) is 7.21. The third-order valence-electron chi connectivity index (χ3n) is 4.27. The number of hydrogen-bond acceptors (Lipinski definition) is 3. The van der Waals surface area contributed by atoms with Crippen LogP contribution in [0.2, 0.25) is 0 Å². The molecule has 1 aliphatic rings. The highest BCUT2D eigenvalue weighted by Gasteiger charge is 2.30. The standard InChI is InChI=1S/C15H23BrN2O2S/c1-3-18-10-8-14(9-11-18)17(2)21(19,20)15-6-4-13(12-16)5-7-15/h4-7,14H,3,8-12H2,1-2H3. The lowest BCUT2D eigenvalue weighted by atomic mass is 10.1. The molecule has 0 radical (unpaired) electrons. The number of benzene rings is 1. The Morgan fingerprint density at radius 1 is 1.24 bits per heavy atom. The number of hydrogen-bond donors (Lipinski definition) is 0. The van der Waals surface area contributed by atoms with E-state index in [1.807, 2.05) is 12.1 Å². The van der Waals surface area contributed by atoms with Crippen LogP contribution in [0.5, 0.6) is 0 Å². The Kier molecular flexibility index (Phi) is 5.82. The van der Waals surface area contributed by atoms with Crippen LogP contribution in [-0.4, -0.2) is 50.3 Å². The van der Waals surface area contributed by atoms with Gasteiger partial charge in [-0.1, -0.05) is 35.0 Å².